The van der Waals surface area contributed by atoms with Crippen LogP contribution >= 0.6 is 11.3 Å². The fourth-order valence-corrected chi connectivity index (χ4v) is 2.27. The van der Waals surface area contributed by atoms with Gasteiger partial charge < -0.3 is 15.4 Å². The van der Waals surface area contributed by atoms with Crippen LogP contribution in [0.3, 0.4) is 0 Å². The van der Waals surface area contributed by atoms with Gasteiger partial charge in [-0.25, -0.2) is 4.98 Å². The molecule has 2 aromatic heterocycles. The molecule has 0 aliphatic heterocycles. The maximum atomic E-state index is 5.03. The van der Waals surface area contributed by atoms with Crippen LogP contribution in [0.4, 0.5) is 0 Å². The Hall–Kier alpha value is -2.08. The van der Waals surface area contributed by atoms with Gasteiger partial charge in [-0.05, 0) is 17.0 Å². The van der Waals surface area contributed by atoms with Crippen molar-refractivity contribution in [3.63, 3.8) is 0 Å². The maximum absolute atomic E-state index is 5.03. The van der Waals surface area contributed by atoms with Crippen LogP contribution in [-0.2, 0) is 13.1 Å². The highest BCUT2D eigenvalue weighted by atomic mass is 32.1. The third-order valence-electron chi connectivity index (χ3n) is 2.70. The molecule has 0 fully saturated rings. The molecular formula is C14H18N4OS. The molecular weight excluding hydrogens is 272 g/mol. The zero-order chi connectivity index (χ0) is 14.2. The number of hydrogen-bond acceptors (Lipinski definition) is 4. The van der Waals surface area contributed by atoms with Crippen molar-refractivity contribution in [2.24, 2.45) is 4.99 Å². The summed E-state index contributed by atoms with van der Waals surface area (Å²) in [5, 5.41) is 8.58. The van der Waals surface area contributed by atoms with E-state index in [4.69, 9.17) is 4.74 Å². The van der Waals surface area contributed by atoms with E-state index in [9.17, 15) is 0 Å². The molecule has 0 aliphatic rings. The van der Waals surface area contributed by atoms with E-state index in [1.807, 2.05) is 18.2 Å². The molecule has 0 saturated heterocycles. The highest BCUT2D eigenvalue weighted by molar-refractivity contribution is 7.09. The van der Waals surface area contributed by atoms with Gasteiger partial charge in [0, 0.05) is 30.7 Å². The molecule has 0 radical (unpaired) electrons. The van der Waals surface area contributed by atoms with Gasteiger partial charge in [0.15, 0.2) is 5.96 Å². The second-order valence-corrected chi connectivity index (χ2v) is 5.10. The molecule has 0 bridgehead atoms. The summed E-state index contributed by atoms with van der Waals surface area (Å²) in [7, 11) is 3.37. The van der Waals surface area contributed by atoms with Crippen molar-refractivity contribution < 1.29 is 4.74 Å². The van der Waals surface area contributed by atoms with Crippen molar-refractivity contribution in [3.05, 3.63) is 46.3 Å². The van der Waals surface area contributed by atoms with Gasteiger partial charge in [0.1, 0.15) is 0 Å². The average Bonchev–Trinajstić information content (AvgIpc) is 3.01. The van der Waals surface area contributed by atoms with Crippen molar-refractivity contribution in [1.82, 2.24) is 15.6 Å². The third-order valence-corrected chi connectivity index (χ3v) is 3.58. The van der Waals surface area contributed by atoms with Crippen molar-refractivity contribution in [2.45, 2.75) is 13.1 Å². The number of hydrogen-bond donors (Lipinski definition) is 2. The van der Waals surface area contributed by atoms with Gasteiger partial charge in [0.25, 0.3) is 0 Å². The first-order valence-corrected chi connectivity index (χ1v) is 7.15. The van der Waals surface area contributed by atoms with Crippen molar-refractivity contribution >= 4 is 17.3 Å². The van der Waals surface area contributed by atoms with Gasteiger partial charge in [0.2, 0.25) is 5.88 Å². The largest absolute Gasteiger partial charge is 0.481 e. The second kappa shape index (κ2) is 7.49. The minimum atomic E-state index is 0.619. The molecule has 6 heteroatoms. The zero-order valence-corrected chi connectivity index (χ0v) is 12.4. The van der Waals surface area contributed by atoms with E-state index in [0.717, 1.165) is 18.1 Å². The van der Waals surface area contributed by atoms with Crippen molar-refractivity contribution in [1.29, 1.82) is 0 Å². The first-order chi connectivity index (χ1) is 9.81. The second-order valence-electron chi connectivity index (χ2n) is 4.07. The third kappa shape index (κ3) is 4.24. The van der Waals surface area contributed by atoms with E-state index in [-0.39, 0.29) is 0 Å². The van der Waals surface area contributed by atoms with Crippen LogP contribution in [0, 0.1) is 0 Å². The molecule has 5 nitrogen and oxygen atoms in total. The van der Waals surface area contributed by atoms with Crippen molar-refractivity contribution in [2.75, 3.05) is 14.2 Å². The molecule has 0 aromatic carbocycles. The highest BCUT2D eigenvalue weighted by Gasteiger charge is 2.00. The predicted octanol–water partition coefficient (Wildman–Crippen LogP) is 2.02. The molecule has 2 N–H and O–H groups in total. The molecule has 0 aliphatic carbocycles. The minimum Gasteiger partial charge on any atom is -0.481 e. The Morgan fingerprint density at radius 1 is 1.30 bits per heavy atom. The summed E-state index contributed by atoms with van der Waals surface area (Å²) in [4.78, 5) is 9.63. The molecule has 2 rings (SSSR count). The van der Waals surface area contributed by atoms with Gasteiger partial charge in [-0.15, -0.1) is 11.3 Å². The molecule has 0 amide bonds. The van der Waals surface area contributed by atoms with Gasteiger partial charge in [-0.3, -0.25) is 4.99 Å². The number of aromatic nitrogens is 1. The standard InChI is InChI=1S/C14H18N4OS/c1-15-14(18-10-12-4-3-7-20-12)17-9-11-5-6-13(19-2)16-8-11/h3-8H,9-10H2,1-2H3,(H2,15,17,18). The number of rotatable bonds is 5. The Kier molecular flexibility index (Phi) is 5.37. The van der Waals surface area contributed by atoms with E-state index in [0.29, 0.717) is 12.4 Å². The lowest BCUT2D eigenvalue weighted by Gasteiger charge is -2.11. The van der Waals surface area contributed by atoms with E-state index in [2.05, 4.69) is 32.1 Å². The number of ether oxygens (including phenoxy) is 1. The lowest BCUT2D eigenvalue weighted by molar-refractivity contribution is 0.397. The highest BCUT2D eigenvalue weighted by Crippen LogP contribution is 2.08. The van der Waals surface area contributed by atoms with E-state index < -0.39 is 0 Å². The Balaban J connectivity index is 1.81. The molecule has 0 spiro atoms. The quantitative estimate of drug-likeness (QED) is 0.653. The van der Waals surface area contributed by atoms with Crippen LogP contribution < -0.4 is 15.4 Å². The van der Waals surface area contributed by atoms with E-state index in [1.165, 1.54) is 4.88 Å². The fraction of sp³-hybridized carbons (Fsp3) is 0.286. The molecule has 0 unspecified atom stereocenters. The molecule has 2 aromatic rings. The Morgan fingerprint density at radius 2 is 2.15 bits per heavy atom. The maximum Gasteiger partial charge on any atom is 0.212 e. The number of aliphatic imine (C=N–C) groups is 1. The number of pyridine rings is 1. The van der Waals surface area contributed by atoms with E-state index >= 15 is 0 Å². The summed E-state index contributed by atoms with van der Waals surface area (Å²) in [5.41, 5.74) is 1.07. The van der Waals surface area contributed by atoms with Crippen LogP contribution in [0.25, 0.3) is 0 Å². The van der Waals surface area contributed by atoms with Crippen LogP contribution in [0.5, 0.6) is 5.88 Å². The Bertz CT molecular complexity index is 537. The Labute approximate surface area is 122 Å². The summed E-state index contributed by atoms with van der Waals surface area (Å²) in [6.45, 7) is 1.44. The van der Waals surface area contributed by atoms with Gasteiger partial charge in [0.05, 0.1) is 13.7 Å². The lowest BCUT2D eigenvalue weighted by atomic mass is 10.3. The first kappa shape index (κ1) is 14.3. The van der Waals surface area contributed by atoms with E-state index in [1.54, 1.807) is 31.7 Å². The number of methoxy groups -OCH3 is 1. The summed E-state index contributed by atoms with van der Waals surface area (Å²) < 4.78 is 5.03. The minimum absolute atomic E-state index is 0.619. The SMILES string of the molecule is CN=C(NCc1ccc(OC)nc1)NCc1cccs1. The average molecular weight is 290 g/mol. The number of thiophene rings is 1. The molecule has 20 heavy (non-hydrogen) atoms. The normalized spacial score (nSPS) is 11.2. The summed E-state index contributed by atoms with van der Waals surface area (Å²) in [6.07, 6.45) is 1.79. The summed E-state index contributed by atoms with van der Waals surface area (Å²) in [6, 6.07) is 7.96. The van der Waals surface area contributed by atoms with Crippen LogP contribution in [0.15, 0.2) is 40.8 Å². The van der Waals surface area contributed by atoms with Gasteiger partial charge in [-0.2, -0.15) is 0 Å². The number of nitrogens with zero attached hydrogens (tertiary/aromatic N) is 2. The lowest BCUT2D eigenvalue weighted by Crippen LogP contribution is -2.36. The molecule has 0 saturated carbocycles. The molecule has 2 heterocycles. The van der Waals surface area contributed by atoms with Gasteiger partial charge >= 0.3 is 0 Å². The Morgan fingerprint density at radius 3 is 2.75 bits per heavy atom. The fourth-order valence-electron chi connectivity index (χ4n) is 1.63. The van der Waals surface area contributed by atoms with Crippen LogP contribution in [0.2, 0.25) is 0 Å². The summed E-state index contributed by atoms with van der Waals surface area (Å²) >= 11 is 1.72. The smallest absolute Gasteiger partial charge is 0.212 e. The predicted molar refractivity (Wildman–Crippen MR) is 82.1 cm³/mol. The number of nitrogens with one attached hydrogen (secondary N) is 2. The summed E-state index contributed by atoms with van der Waals surface area (Å²) in [5.74, 6) is 1.39. The van der Waals surface area contributed by atoms with Crippen LogP contribution in [-0.4, -0.2) is 25.1 Å². The topological polar surface area (TPSA) is 58.5 Å². The number of guanidine groups is 1. The van der Waals surface area contributed by atoms with Gasteiger partial charge in [-0.1, -0.05) is 12.1 Å². The molecule has 0 atom stereocenters. The first-order valence-electron chi connectivity index (χ1n) is 6.27. The monoisotopic (exact) mass is 290 g/mol. The molecule has 106 valence electrons. The zero-order valence-electron chi connectivity index (χ0n) is 11.6. The van der Waals surface area contributed by atoms with Crippen molar-refractivity contribution in [3.8, 4) is 5.88 Å². The van der Waals surface area contributed by atoms with Crippen LogP contribution in [0.1, 0.15) is 10.4 Å².